The Bertz CT molecular complexity index is 489. The van der Waals surface area contributed by atoms with Crippen LogP contribution in [0.5, 0.6) is 0 Å². The quantitative estimate of drug-likeness (QED) is 0.743. The fraction of sp³-hybridized carbons (Fsp3) is 0.273. The molecule has 0 aliphatic heterocycles. The number of hydrogen-bond donors (Lipinski definition) is 0. The third-order valence-electron chi connectivity index (χ3n) is 2.11. The van der Waals surface area contributed by atoms with Crippen molar-refractivity contribution in [2.45, 2.75) is 6.92 Å². The molecule has 0 aliphatic rings. The van der Waals surface area contributed by atoms with Gasteiger partial charge in [0.25, 0.3) is 0 Å². The summed E-state index contributed by atoms with van der Waals surface area (Å²) in [7, 11) is 2.02. The van der Waals surface area contributed by atoms with Crippen LogP contribution in [0.4, 0.5) is 5.82 Å². The van der Waals surface area contributed by atoms with Crippen LogP contribution in [0.3, 0.4) is 0 Å². The van der Waals surface area contributed by atoms with E-state index in [4.69, 9.17) is 0 Å². The van der Waals surface area contributed by atoms with Gasteiger partial charge in [-0.3, -0.25) is 0 Å². The van der Waals surface area contributed by atoms with Crippen molar-refractivity contribution in [2.75, 3.05) is 18.5 Å². The fourth-order valence-electron chi connectivity index (χ4n) is 1.56. The number of rotatable bonds is 3. The smallest absolute Gasteiger partial charge is 0.140 e. The Labute approximate surface area is 93.1 Å². The zero-order valence-corrected chi connectivity index (χ0v) is 9.71. The molecule has 2 rings (SSSR count). The molecule has 78 valence electrons. The first-order valence-corrected chi connectivity index (χ1v) is 5.60. The van der Waals surface area contributed by atoms with Gasteiger partial charge in [-0.1, -0.05) is 12.2 Å². The third-order valence-corrected chi connectivity index (χ3v) is 2.93. The number of aromatic nitrogens is 2. The topological polar surface area (TPSA) is 29.0 Å². The minimum absolute atomic E-state index is 0.821. The van der Waals surface area contributed by atoms with Crippen molar-refractivity contribution >= 4 is 27.4 Å². The van der Waals surface area contributed by atoms with Crippen molar-refractivity contribution in [3.8, 4) is 0 Å². The summed E-state index contributed by atoms with van der Waals surface area (Å²) in [4.78, 5) is 11.7. The van der Waals surface area contributed by atoms with Gasteiger partial charge < -0.3 is 4.90 Å². The molecule has 0 fully saturated rings. The molecule has 0 aliphatic carbocycles. The lowest BCUT2D eigenvalue weighted by Crippen LogP contribution is -2.20. The summed E-state index contributed by atoms with van der Waals surface area (Å²) in [5.74, 6) is 0.976. The largest absolute Gasteiger partial charge is 0.355 e. The summed E-state index contributed by atoms with van der Waals surface area (Å²) in [5, 5.41) is 3.16. The molecular weight excluding hydrogens is 206 g/mol. The van der Waals surface area contributed by atoms with E-state index in [2.05, 4.69) is 27.5 Å². The Kier molecular flexibility index (Phi) is 2.68. The summed E-state index contributed by atoms with van der Waals surface area (Å²) in [5.41, 5.74) is 1.12. The Balaban J connectivity index is 2.42. The molecule has 0 unspecified atom stereocenters. The molecule has 0 spiro atoms. The van der Waals surface area contributed by atoms with Crippen molar-refractivity contribution in [3.05, 3.63) is 29.9 Å². The Morgan fingerprint density at radius 1 is 1.53 bits per heavy atom. The molecule has 0 amide bonds. The van der Waals surface area contributed by atoms with Crippen molar-refractivity contribution < 1.29 is 0 Å². The molecule has 0 saturated carbocycles. The van der Waals surface area contributed by atoms with Crippen molar-refractivity contribution in [1.82, 2.24) is 9.97 Å². The number of fused-ring (bicyclic) bond motifs is 1. The summed E-state index contributed by atoms with van der Waals surface area (Å²) >= 11 is 1.64. The summed E-state index contributed by atoms with van der Waals surface area (Å²) in [6.45, 7) is 6.74. The molecule has 0 bridgehead atoms. The SMILES string of the molecule is C=C(C)CN(C)c1ncnc2sccc12. The maximum absolute atomic E-state index is 4.31. The van der Waals surface area contributed by atoms with Crippen molar-refractivity contribution in [1.29, 1.82) is 0 Å². The monoisotopic (exact) mass is 219 g/mol. The van der Waals surface area contributed by atoms with Gasteiger partial charge in [0.15, 0.2) is 0 Å². The lowest BCUT2D eigenvalue weighted by Gasteiger charge is -2.18. The first kappa shape index (κ1) is 10.1. The predicted octanol–water partition coefficient (Wildman–Crippen LogP) is 2.70. The Hall–Kier alpha value is -1.42. The minimum atomic E-state index is 0.821. The van der Waals surface area contributed by atoms with E-state index in [1.807, 2.05) is 19.4 Å². The van der Waals surface area contributed by atoms with E-state index in [0.717, 1.165) is 28.2 Å². The van der Waals surface area contributed by atoms with Gasteiger partial charge in [-0.2, -0.15) is 0 Å². The average molecular weight is 219 g/mol. The standard InChI is InChI=1S/C11H13N3S/c1-8(2)6-14(3)10-9-4-5-15-11(9)13-7-12-10/h4-5,7H,1,6H2,2-3H3. The zero-order valence-electron chi connectivity index (χ0n) is 8.90. The van der Waals surface area contributed by atoms with Crippen LogP contribution in [-0.4, -0.2) is 23.6 Å². The van der Waals surface area contributed by atoms with Gasteiger partial charge in [0.2, 0.25) is 0 Å². The highest BCUT2D eigenvalue weighted by Crippen LogP contribution is 2.25. The van der Waals surface area contributed by atoms with Gasteiger partial charge in [0, 0.05) is 13.6 Å². The van der Waals surface area contributed by atoms with E-state index in [1.54, 1.807) is 17.7 Å². The van der Waals surface area contributed by atoms with Crippen LogP contribution in [-0.2, 0) is 0 Å². The third kappa shape index (κ3) is 1.99. The molecular formula is C11H13N3S. The molecule has 0 radical (unpaired) electrons. The second-order valence-electron chi connectivity index (χ2n) is 3.65. The molecule has 0 atom stereocenters. The predicted molar refractivity (Wildman–Crippen MR) is 65.5 cm³/mol. The molecule has 2 aromatic heterocycles. The van der Waals surface area contributed by atoms with E-state index in [9.17, 15) is 0 Å². The molecule has 0 N–H and O–H groups in total. The van der Waals surface area contributed by atoms with Gasteiger partial charge in [-0.25, -0.2) is 9.97 Å². The normalized spacial score (nSPS) is 10.5. The van der Waals surface area contributed by atoms with Gasteiger partial charge in [0.1, 0.15) is 17.0 Å². The van der Waals surface area contributed by atoms with E-state index in [0.29, 0.717) is 0 Å². The zero-order chi connectivity index (χ0) is 10.8. The van der Waals surface area contributed by atoms with E-state index < -0.39 is 0 Å². The van der Waals surface area contributed by atoms with Crippen LogP contribution in [0.15, 0.2) is 29.9 Å². The lowest BCUT2D eigenvalue weighted by atomic mass is 10.3. The van der Waals surface area contributed by atoms with Crippen molar-refractivity contribution in [2.24, 2.45) is 0 Å². The lowest BCUT2D eigenvalue weighted by molar-refractivity contribution is 0.956. The van der Waals surface area contributed by atoms with Gasteiger partial charge in [0.05, 0.1) is 5.39 Å². The molecule has 15 heavy (non-hydrogen) atoms. The van der Waals surface area contributed by atoms with Gasteiger partial charge >= 0.3 is 0 Å². The molecule has 0 saturated heterocycles. The van der Waals surface area contributed by atoms with Gasteiger partial charge in [-0.05, 0) is 18.4 Å². The van der Waals surface area contributed by atoms with Crippen LogP contribution >= 0.6 is 11.3 Å². The van der Waals surface area contributed by atoms with E-state index in [-0.39, 0.29) is 0 Å². The summed E-state index contributed by atoms with van der Waals surface area (Å²) in [6, 6.07) is 2.06. The highest BCUT2D eigenvalue weighted by atomic mass is 32.1. The maximum Gasteiger partial charge on any atom is 0.140 e. The second kappa shape index (κ2) is 3.98. The fourth-order valence-corrected chi connectivity index (χ4v) is 2.29. The number of anilines is 1. The number of likely N-dealkylation sites (N-methyl/N-ethyl adjacent to an activating group) is 1. The summed E-state index contributed by atoms with van der Waals surface area (Å²) < 4.78 is 0. The Morgan fingerprint density at radius 2 is 2.33 bits per heavy atom. The minimum Gasteiger partial charge on any atom is -0.355 e. The van der Waals surface area contributed by atoms with E-state index in [1.165, 1.54) is 0 Å². The van der Waals surface area contributed by atoms with Crippen molar-refractivity contribution in [3.63, 3.8) is 0 Å². The highest BCUT2D eigenvalue weighted by Gasteiger charge is 2.08. The van der Waals surface area contributed by atoms with Crippen LogP contribution in [0.1, 0.15) is 6.92 Å². The second-order valence-corrected chi connectivity index (χ2v) is 4.54. The number of nitrogens with zero attached hydrogens (tertiary/aromatic N) is 3. The molecule has 3 nitrogen and oxygen atoms in total. The summed E-state index contributed by atoms with van der Waals surface area (Å²) in [6.07, 6.45) is 1.61. The number of hydrogen-bond acceptors (Lipinski definition) is 4. The molecule has 4 heteroatoms. The average Bonchev–Trinajstić information content (AvgIpc) is 2.63. The van der Waals surface area contributed by atoms with Crippen LogP contribution in [0.2, 0.25) is 0 Å². The van der Waals surface area contributed by atoms with Crippen LogP contribution in [0.25, 0.3) is 10.2 Å². The highest BCUT2D eigenvalue weighted by molar-refractivity contribution is 7.16. The molecule has 2 heterocycles. The van der Waals surface area contributed by atoms with Crippen LogP contribution < -0.4 is 4.90 Å². The molecule has 2 aromatic rings. The first-order valence-electron chi connectivity index (χ1n) is 4.72. The van der Waals surface area contributed by atoms with Gasteiger partial charge in [-0.15, -0.1) is 11.3 Å². The molecule has 0 aromatic carbocycles. The number of thiophene rings is 1. The maximum atomic E-state index is 4.31. The van der Waals surface area contributed by atoms with E-state index >= 15 is 0 Å². The van der Waals surface area contributed by atoms with Crippen LogP contribution in [0, 0.1) is 0 Å². The first-order chi connectivity index (χ1) is 7.18. The Morgan fingerprint density at radius 3 is 3.07 bits per heavy atom.